The molecule has 1 rings (SSSR count). The van der Waals surface area contributed by atoms with Gasteiger partial charge in [0, 0.05) is 0 Å². The summed E-state index contributed by atoms with van der Waals surface area (Å²) in [5.41, 5.74) is -0.669. The van der Waals surface area contributed by atoms with E-state index < -0.39 is 17.5 Å². The predicted octanol–water partition coefficient (Wildman–Crippen LogP) is 2.62. The number of hydrogen-bond donors (Lipinski definition) is 1. The molecule has 1 aromatic heterocycles. The molecule has 1 N–H and O–H groups in total. The zero-order chi connectivity index (χ0) is 12.3. The van der Waals surface area contributed by atoms with Crippen molar-refractivity contribution in [1.82, 2.24) is 9.97 Å². The summed E-state index contributed by atoms with van der Waals surface area (Å²) in [4.78, 5) is 18.2. The number of ether oxygens (including phenoxy) is 1. The number of aromatic nitrogens is 2. The Bertz CT molecular complexity index is 406. The van der Waals surface area contributed by atoms with Gasteiger partial charge in [0.1, 0.15) is 11.9 Å². The van der Waals surface area contributed by atoms with Crippen molar-refractivity contribution in [2.75, 3.05) is 5.32 Å². The van der Waals surface area contributed by atoms with Gasteiger partial charge in [0.15, 0.2) is 11.0 Å². The van der Waals surface area contributed by atoms with Crippen LogP contribution in [0.4, 0.5) is 15.0 Å². The van der Waals surface area contributed by atoms with E-state index in [9.17, 15) is 9.18 Å². The first-order valence-electron chi connectivity index (χ1n) is 4.45. The Labute approximate surface area is 97.0 Å². The fourth-order valence-electron chi connectivity index (χ4n) is 0.836. The highest BCUT2D eigenvalue weighted by atomic mass is 35.5. The summed E-state index contributed by atoms with van der Waals surface area (Å²) < 4.78 is 18.2. The van der Waals surface area contributed by atoms with Crippen LogP contribution in [0.2, 0.25) is 5.15 Å². The molecule has 0 bridgehead atoms. The van der Waals surface area contributed by atoms with Crippen molar-refractivity contribution in [3.63, 3.8) is 0 Å². The second kappa shape index (κ2) is 4.61. The van der Waals surface area contributed by atoms with E-state index in [1.165, 1.54) is 0 Å². The lowest BCUT2D eigenvalue weighted by Gasteiger charge is -2.19. The number of rotatable bonds is 1. The van der Waals surface area contributed by atoms with Crippen molar-refractivity contribution >= 4 is 23.5 Å². The van der Waals surface area contributed by atoms with Gasteiger partial charge >= 0.3 is 6.09 Å². The molecule has 0 radical (unpaired) electrons. The topological polar surface area (TPSA) is 64.1 Å². The summed E-state index contributed by atoms with van der Waals surface area (Å²) in [6.07, 6.45) is 0.235. The highest BCUT2D eigenvalue weighted by Gasteiger charge is 2.18. The SMILES string of the molecule is CC(C)(C)OC(=O)Nc1ncnc(Cl)c1F. The van der Waals surface area contributed by atoms with E-state index >= 15 is 0 Å². The molecule has 0 spiro atoms. The van der Waals surface area contributed by atoms with Gasteiger partial charge in [-0.15, -0.1) is 0 Å². The van der Waals surface area contributed by atoms with E-state index in [1.807, 2.05) is 0 Å². The molecule has 0 aromatic carbocycles. The average molecular weight is 248 g/mol. The fourth-order valence-corrected chi connectivity index (χ4v) is 0.969. The molecular weight excluding hydrogens is 237 g/mol. The Morgan fingerprint density at radius 2 is 2.12 bits per heavy atom. The zero-order valence-corrected chi connectivity index (χ0v) is 9.80. The summed E-state index contributed by atoms with van der Waals surface area (Å²) >= 11 is 5.41. The third-order valence-electron chi connectivity index (χ3n) is 1.37. The molecule has 0 saturated heterocycles. The Kier molecular flexibility index (Phi) is 3.64. The highest BCUT2D eigenvalue weighted by Crippen LogP contribution is 2.17. The lowest BCUT2D eigenvalue weighted by atomic mass is 10.2. The maximum atomic E-state index is 13.3. The van der Waals surface area contributed by atoms with E-state index in [0.29, 0.717) is 0 Å². The first-order valence-corrected chi connectivity index (χ1v) is 4.83. The van der Waals surface area contributed by atoms with Crippen molar-refractivity contribution in [3.8, 4) is 0 Å². The smallest absolute Gasteiger partial charge is 0.413 e. The minimum atomic E-state index is -0.893. The van der Waals surface area contributed by atoms with Gasteiger partial charge < -0.3 is 4.74 Å². The quantitative estimate of drug-likeness (QED) is 0.775. The predicted molar refractivity (Wildman–Crippen MR) is 56.9 cm³/mol. The maximum absolute atomic E-state index is 13.3. The van der Waals surface area contributed by atoms with Crippen molar-refractivity contribution in [1.29, 1.82) is 0 Å². The Morgan fingerprint density at radius 1 is 1.50 bits per heavy atom. The summed E-state index contributed by atoms with van der Waals surface area (Å²) in [6.45, 7) is 5.07. The van der Waals surface area contributed by atoms with E-state index in [2.05, 4.69) is 15.3 Å². The second-order valence-corrected chi connectivity index (χ2v) is 4.31. The van der Waals surface area contributed by atoms with E-state index in [4.69, 9.17) is 16.3 Å². The molecule has 88 valence electrons. The van der Waals surface area contributed by atoms with Crippen molar-refractivity contribution < 1.29 is 13.9 Å². The number of amides is 1. The first-order chi connectivity index (χ1) is 7.29. The molecule has 0 aliphatic carbocycles. The molecule has 0 aliphatic rings. The van der Waals surface area contributed by atoms with Crippen LogP contribution in [0.15, 0.2) is 6.33 Å². The summed E-state index contributed by atoms with van der Waals surface area (Å²) in [7, 11) is 0. The van der Waals surface area contributed by atoms with Crippen LogP contribution in [0.3, 0.4) is 0 Å². The van der Waals surface area contributed by atoms with Crippen LogP contribution in [0.25, 0.3) is 0 Å². The monoisotopic (exact) mass is 247 g/mol. The zero-order valence-electron chi connectivity index (χ0n) is 9.04. The fraction of sp³-hybridized carbons (Fsp3) is 0.444. The lowest BCUT2D eigenvalue weighted by Crippen LogP contribution is -2.27. The Balaban J connectivity index is 2.74. The summed E-state index contributed by atoms with van der Waals surface area (Å²) in [5, 5.41) is 1.78. The lowest BCUT2D eigenvalue weighted by molar-refractivity contribution is 0.0634. The van der Waals surface area contributed by atoms with Gasteiger partial charge in [-0.2, -0.15) is 4.39 Å². The van der Waals surface area contributed by atoms with Gasteiger partial charge in [-0.1, -0.05) is 11.6 Å². The van der Waals surface area contributed by atoms with Crippen LogP contribution in [0.5, 0.6) is 0 Å². The molecule has 0 fully saturated rings. The average Bonchev–Trinajstić information content (AvgIpc) is 2.09. The number of carbonyl (C=O) groups is 1. The summed E-state index contributed by atoms with van der Waals surface area (Å²) in [6, 6.07) is 0. The third kappa shape index (κ3) is 3.62. The van der Waals surface area contributed by atoms with Gasteiger partial charge in [0.25, 0.3) is 0 Å². The molecule has 5 nitrogen and oxygen atoms in total. The van der Waals surface area contributed by atoms with Crippen molar-refractivity contribution in [2.45, 2.75) is 26.4 Å². The molecule has 1 amide bonds. The standard InChI is InChI=1S/C9H11ClFN3O2/c1-9(2,3)16-8(15)14-7-5(11)6(10)12-4-13-7/h4H,1-3H3,(H,12,13,14,15). The summed E-state index contributed by atoms with van der Waals surface area (Å²) in [5.74, 6) is -1.20. The first kappa shape index (κ1) is 12.6. The Morgan fingerprint density at radius 3 is 2.69 bits per heavy atom. The highest BCUT2D eigenvalue weighted by molar-refractivity contribution is 6.29. The van der Waals surface area contributed by atoms with Gasteiger partial charge in [-0.05, 0) is 20.8 Å². The number of anilines is 1. The molecule has 0 saturated carbocycles. The normalized spacial score (nSPS) is 11.1. The van der Waals surface area contributed by atoms with Crippen LogP contribution in [0.1, 0.15) is 20.8 Å². The largest absolute Gasteiger partial charge is 0.444 e. The number of halogens is 2. The number of nitrogens with one attached hydrogen (secondary N) is 1. The van der Waals surface area contributed by atoms with Crippen LogP contribution in [0, 0.1) is 5.82 Å². The van der Waals surface area contributed by atoms with E-state index in [1.54, 1.807) is 20.8 Å². The van der Waals surface area contributed by atoms with Gasteiger partial charge in [-0.3, -0.25) is 5.32 Å². The van der Waals surface area contributed by atoms with Crippen molar-refractivity contribution in [2.24, 2.45) is 0 Å². The molecular formula is C9H11ClFN3O2. The van der Waals surface area contributed by atoms with Gasteiger partial charge in [0.2, 0.25) is 5.82 Å². The molecule has 0 aliphatic heterocycles. The van der Waals surface area contributed by atoms with Crippen LogP contribution >= 0.6 is 11.6 Å². The molecule has 1 aromatic rings. The maximum Gasteiger partial charge on any atom is 0.413 e. The minimum Gasteiger partial charge on any atom is -0.444 e. The van der Waals surface area contributed by atoms with Crippen LogP contribution in [-0.2, 0) is 4.74 Å². The van der Waals surface area contributed by atoms with Gasteiger partial charge in [0.05, 0.1) is 0 Å². The minimum absolute atomic E-state index is 0.311. The van der Waals surface area contributed by atoms with E-state index in [-0.39, 0.29) is 11.0 Å². The molecule has 0 atom stereocenters. The molecule has 16 heavy (non-hydrogen) atoms. The van der Waals surface area contributed by atoms with Crippen molar-refractivity contribution in [3.05, 3.63) is 17.3 Å². The van der Waals surface area contributed by atoms with Crippen LogP contribution < -0.4 is 5.32 Å². The Hall–Kier alpha value is -1.43. The van der Waals surface area contributed by atoms with E-state index in [0.717, 1.165) is 6.33 Å². The third-order valence-corrected chi connectivity index (χ3v) is 1.63. The van der Waals surface area contributed by atoms with Gasteiger partial charge in [-0.25, -0.2) is 14.8 Å². The second-order valence-electron chi connectivity index (χ2n) is 3.95. The molecule has 0 unspecified atom stereocenters. The molecule has 1 heterocycles. The molecule has 7 heteroatoms. The number of hydrogen-bond acceptors (Lipinski definition) is 4. The van der Waals surface area contributed by atoms with Crippen LogP contribution in [-0.4, -0.2) is 21.7 Å². The number of carbonyl (C=O) groups excluding carboxylic acids is 1. The number of nitrogens with zero attached hydrogens (tertiary/aromatic N) is 2.